The Labute approximate surface area is 96.2 Å². The zero-order valence-electron chi connectivity index (χ0n) is 8.02. The molecule has 0 heterocycles. The fourth-order valence-electron chi connectivity index (χ4n) is 1.19. The zero-order chi connectivity index (χ0) is 11.3. The van der Waals surface area contributed by atoms with E-state index < -0.39 is 12.2 Å². The zero-order valence-corrected chi connectivity index (χ0v) is 9.61. The predicted molar refractivity (Wildman–Crippen MR) is 59.4 cm³/mol. The number of carbonyl (C=O) groups excluding carboxylic acids is 1. The second-order valence-electron chi connectivity index (χ2n) is 3.07. The number of aliphatic hydroxyl groups excluding tert-OH is 1. The molecule has 3 N–H and O–H groups in total. The van der Waals surface area contributed by atoms with Gasteiger partial charge in [0.15, 0.2) is 0 Å². The van der Waals surface area contributed by atoms with E-state index in [2.05, 4.69) is 15.9 Å². The SMILES string of the molecule is NC(=O)O[C@@H](CO)Cc1ccc(Br)cc1. The van der Waals surface area contributed by atoms with E-state index in [0.29, 0.717) is 6.42 Å². The van der Waals surface area contributed by atoms with E-state index in [1.807, 2.05) is 24.3 Å². The molecule has 5 heteroatoms. The van der Waals surface area contributed by atoms with E-state index in [9.17, 15) is 4.79 Å². The Morgan fingerprint density at radius 3 is 2.53 bits per heavy atom. The van der Waals surface area contributed by atoms with Crippen LogP contribution in [0.4, 0.5) is 4.79 Å². The monoisotopic (exact) mass is 273 g/mol. The number of primary amides is 1. The van der Waals surface area contributed by atoms with Crippen molar-refractivity contribution >= 4 is 22.0 Å². The van der Waals surface area contributed by atoms with Gasteiger partial charge in [-0.1, -0.05) is 28.1 Å². The number of aliphatic hydroxyl groups is 1. The average Bonchev–Trinajstić information content (AvgIpc) is 2.19. The Balaban J connectivity index is 2.58. The minimum atomic E-state index is -0.869. The summed E-state index contributed by atoms with van der Waals surface area (Å²) in [6.45, 7) is -0.237. The van der Waals surface area contributed by atoms with Gasteiger partial charge in [0, 0.05) is 10.9 Å². The molecule has 0 saturated carbocycles. The third kappa shape index (κ3) is 4.31. The minimum Gasteiger partial charge on any atom is -0.444 e. The number of benzene rings is 1. The van der Waals surface area contributed by atoms with Crippen LogP contribution < -0.4 is 5.73 Å². The van der Waals surface area contributed by atoms with Gasteiger partial charge in [-0.25, -0.2) is 4.79 Å². The molecule has 0 radical (unpaired) electrons. The van der Waals surface area contributed by atoms with Gasteiger partial charge < -0.3 is 15.6 Å². The second kappa shape index (κ2) is 5.72. The summed E-state index contributed by atoms with van der Waals surface area (Å²) in [4.78, 5) is 10.5. The first kappa shape index (κ1) is 12.0. The lowest BCUT2D eigenvalue weighted by Crippen LogP contribution is -2.27. The van der Waals surface area contributed by atoms with Crippen LogP contribution in [0.15, 0.2) is 28.7 Å². The highest BCUT2D eigenvalue weighted by atomic mass is 79.9. The fourth-order valence-corrected chi connectivity index (χ4v) is 1.46. The molecule has 15 heavy (non-hydrogen) atoms. The highest BCUT2D eigenvalue weighted by molar-refractivity contribution is 9.10. The molecule has 1 rings (SSSR count). The minimum absolute atomic E-state index is 0.237. The van der Waals surface area contributed by atoms with Gasteiger partial charge in [-0.2, -0.15) is 0 Å². The number of hydrogen-bond donors (Lipinski definition) is 2. The number of rotatable bonds is 4. The Morgan fingerprint density at radius 1 is 1.47 bits per heavy atom. The van der Waals surface area contributed by atoms with Gasteiger partial charge in [0.25, 0.3) is 0 Å². The van der Waals surface area contributed by atoms with E-state index in [1.165, 1.54) is 0 Å². The van der Waals surface area contributed by atoms with E-state index in [1.54, 1.807) is 0 Å². The van der Waals surface area contributed by atoms with Crippen molar-refractivity contribution in [2.45, 2.75) is 12.5 Å². The molecule has 1 aromatic rings. The first-order valence-corrected chi connectivity index (χ1v) is 5.22. The van der Waals surface area contributed by atoms with Gasteiger partial charge in [0.1, 0.15) is 6.10 Å². The van der Waals surface area contributed by atoms with Gasteiger partial charge in [-0.15, -0.1) is 0 Å². The smallest absolute Gasteiger partial charge is 0.404 e. The van der Waals surface area contributed by atoms with Crippen LogP contribution in [0, 0.1) is 0 Å². The maximum Gasteiger partial charge on any atom is 0.404 e. The number of halogens is 1. The molecule has 0 unspecified atom stereocenters. The number of nitrogens with two attached hydrogens (primary N) is 1. The molecule has 0 aliphatic carbocycles. The van der Waals surface area contributed by atoms with Gasteiger partial charge in [-0.05, 0) is 17.7 Å². The van der Waals surface area contributed by atoms with Crippen LogP contribution in [0.2, 0.25) is 0 Å². The van der Waals surface area contributed by atoms with Crippen molar-refractivity contribution in [2.75, 3.05) is 6.61 Å². The Kier molecular flexibility index (Phi) is 4.58. The molecular weight excluding hydrogens is 262 g/mol. The average molecular weight is 274 g/mol. The summed E-state index contributed by atoms with van der Waals surface area (Å²) in [6, 6.07) is 7.54. The molecule has 4 nitrogen and oxygen atoms in total. The Bertz CT molecular complexity index is 326. The van der Waals surface area contributed by atoms with Gasteiger partial charge in [0.05, 0.1) is 6.61 Å². The Hall–Kier alpha value is -1.07. The van der Waals surface area contributed by atoms with E-state index in [4.69, 9.17) is 15.6 Å². The van der Waals surface area contributed by atoms with Crippen LogP contribution in [0.1, 0.15) is 5.56 Å². The summed E-state index contributed by atoms with van der Waals surface area (Å²) in [7, 11) is 0. The van der Waals surface area contributed by atoms with Crippen LogP contribution in [0.5, 0.6) is 0 Å². The maximum absolute atomic E-state index is 10.5. The summed E-state index contributed by atoms with van der Waals surface area (Å²) in [5, 5.41) is 8.95. The third-order valence-electron chi connectivity index (χ3n) is 1.86. The predicted octanol–water partition coefficient (Wildman–Crippen LogP) is 1.45. The molecule has 0 spiro atoms. The second-order valence-corrected chi connectivity index (χ2v) is 3.99. The molecule has 0 aliphatic heterocycles. The topological polar surface area (TPSA) is 72.6 Å². The van der Waals surface area contributed by atoms with E-state index >= 15 is 0 Å². The van der Waals surface area contributed by atoms with Crippen molar-refractivity contribution in [3.8, 4) is 0 Å². The number of carbonyl (C=O) groups is 1. The molecule has 0 bridgehead atoms. The van der Waals surface area contributed by atoms with Crippen molar-refractivity contribution in [3.63, 3.8) is 0 Å². The normalized spacial score (nSPS) is 12.1. The van der Waals surface area contributed by atoms with Crippen LogP contribution >= 0.6 is 15.9 Å². The Morgan fingerprint density at radius 2 is 2.07 bits per heavy atom. The van der Waals surface area contributed by atoms with E-state index in [0.717, 1.165) is 10.0 Å². The van der Waals surface area contributed by atoms with Gasteiger partial charge in [0.2, 0.25) is 0 Å². The highest BCUT2D eigenvalue weighted by Crippen LogP contribution is 2.12. The standard InChI is InChI=1S/C10H12BrNO3/c11-8-3-1-7(2-4-8)5-9(6-13)15-10(12)14/h1-4,9,13H,5-6H2,(H2,12,14)/t9-/m1/s1. The van der Waals surface area contributed by atoms with Gasteiger partial charge >= 0.3 is 6.09 Å². The molecule has 0 aliphatic rings. The van der Waals surface area contributed by atoms with Crippen LogP contribution in [0.3, 0.4) is 0 Å². The van der Waals surface area contributed by atoms with Gasteiger partial charge in [-0.3, -0.25) is 0 Å². The molecule has 0 fully saturated rings. The van der Waals surface area contributed by atoms with Crippen molar-refractivity contribution in [1.29, 1.82) is 0 Å². The molecule has 1 aromatic carbocycles. The van der Waals surface area contributed by atoms with Crippen molar-refractivity contribution in [2.24, 2.45) is 5.73 Å². The van der Waals surface area contributed by atoms with Crippen molar-refractivity contribution < 1.29 is 14.6 Å². The maximum atomic E-state index is 10.5. The van der Waals surface area contributed by atoms with Crippen molar-refractivity contribution in [3.05, 3.63) is 34.3 Å². The summed E-state index contributed by atoms with van der Waals surface area (Å²) in [6.07, 6.45) is -0.998. The molecular formula is C10H12BrNO3. The summed E-state index contributed by atoms with van der Waals surface area (Å²) >= 11 is 3.31. The number of ether oxygens (including phenoxy) is 1. The first-order chi connectivity index (χ1) is 7.11. The lowest BCUT2D eigenvalue weighted by molar-refractivity contribution is 0.0639. The van der Waals surface area contributed by atoms with E-state index in [-0.39, 0.29) is 6.61 Å². The van der Waals surface area contributed by atoms with Crippen LogP contribution in [-0.4, -0.2) is 23.9 Å². The first-order valence-electron chi connectivity index (χ1n) is 4.43. The number of hydrogen-bond acceptors (Lipinski definition) is 3. The lowest BCUT2D eigenvalue weighted by Gasteiger charge is -2.13. The third-order valence-corrected chi connectivity index (χ3v) is 2.39. The molecule has 1 atom stereocenters. The highest BCUT2D eigenvalue weighted by Gasteiger charge is 2.11. The summed E-state index contributed by atoms with van der Waals surface area (Å²) < 4.78 is 5.69. The van der Waals surface area contributed by atoms with Crippen molar-refractivity contribution in [1.82, 2.24) is 0 Å². The largest absolute Gasteiger partial charge is 0.444 e. The number of amides is 1. The molecule has 1 amide bonds. The fraction of sp³-hybridized carbons (Fsp3) is 0.300. The molecule has 82 valence electrons. The quantitative estimate of drug-likeness (QED) is 0.872. The van der Waals surface area contributed by atoms with Crippen LogP contribution in [-0.2, 0) is 11.2 Å². The summed E-state index contributed by atoms with van der Waals surface area (Å²) in [5.74, 6) is 0. The summed E-state index contributed by atoms with van der Waals surface area (Å²) in [5.41, 5.74) is 5.84. The molecule has 0 aromatic heterocycles. The van der Waals surface area contributed by atoms with Crippen LogP contribution in [0.25, 0.3) is 0 Å². The lowest BCUT2D eigenvalue weighted by atomic mass is 10.1. The molecule has 0 saturated heterocycles.